The van der Waals surface area contributed by atoms with Gasteiger partial charge in [-0.3, -0.25) is 0 Å². The summed E-state index contributed by atoms with van der Waals surface area (Å²) >= 11 is 0. The molecule has 0 aliphatic carbocycles. The molecule has 0 saturated heterocycles. The van der Waals surface area contributed by atoms with Gasteiger partial charge in [0.25, 0.3) is 0 Å². The second-order valence-electron chi connectivity index (χ2n) is 12.2. The van der Waals surface area contributed by atoms with E-state index in [9.17, 15) is 43.9 Å². The lowest BCUT2D eigenvalue weighted by atomic mass is 9.84. The second-order valence-corrected chi connectivity index (χ2v) is 12.2. The standard InChI is InChI=1S/C34H23F10N7/c1-14-10-18(45-20(11-14)50-8-6-16(47-50)22-24(35)28(39)32(43)29(40)25(22)36)34(2,3)19-12-15(49(4)5)13-21(46-19)51-9-7-17(48-51)23-26(37)30(41)33(44)31(42)27(23)38/h6-13H,1-5H3. The third kappa shape index (κ3) is 5.85. The van der Waals surface area contributed by atoms with Gasteiger partial charge in [0.05, 0.1) is 33.9 Å². The van der Waals surface area contributed by atoms with Gasteiger partial charge in [0.15, 0.2) is 58.2 Å². The molecular formula is C34H23F10N7. The Balaban J connectivity index is 1.42. The van der Waals surface area contributed by atoms with Crippen LogP contribution < -0.4 is 4.90 Å². The summed E-state index contributed by atoms with van der Waals surface area (Å²) in [5.41, 5.74) is -2.58. The van der Waals surface area contributed by atoms with Crippen LogP contribution in [0.5, 0.6) is 0 Å². The molecule has 6 rings (SSSR count). The van der Waals surface area contributed by atoms with Gasteiger partial charge < -0.3 is 4.90 Å². The highest BCUT2D eigenvalue weighted by Crippen LogP contribution is 2.35. The van der Waals surface area contributed by atoms with Gasteiger partial charge in [0.2, 0.25) is 11.6 Å². The molecule has 6 aromatic rings. The van der Waals surface area contributed by atoms with Crippen LogP contribution in [0.2, 0.25) is 0 Å². The topological polar surface area (TPSA) is 64.7 Å². The molecule has 17 heteroatoms. The van der Waals surface area contributed by atoms with Crippen molar-refractivity contribution in [1.82, 2.24) is 29.5 Å². The highest BCUT2D eigenvalue weighted by atomic mass is 19.2. The van der Waals surface area contributed by atoms with E-state index in [-0.39, 0.29) is 11.6 Å². The smallest absolute Gasteiger partial charge is 0.200 e. The minimum Gasteiger partial charge on any atom is -0.377 e. The molecule has 0 saturated carbocycles. The summed E-state index contributed by atoms with van der Waals surface area (Å²) in [6.45, 7) is 5.24. The van der Waals surface area contributed by atoms with E-state index in [0.717, 1.165) is 21.5 Å². The fourth-order valence-electron chi connectivity index (χ4n) is 5.24. The molecule has 0 spiro atoms. The summed E-state index contributed by atoms with van der Waals surface area (Å²) in [4.78, 5) is 11.1. The zero-order valence-corrected chi connectivity index (χ0v) is 27.0. The molecule has 0 amide bonds. The largest absolute Gasteiger partial charge is 0.377 e. The molecule has 0 atom stereocenters. The van der Waals surface area contributed by atoms with Crippen molar-refractivity contribution in [1.29, 1.82) is 0 Å². The van der Waals surface area contributed by atoms with Crippen molar-refractivity contribution < 1.29 is 43.9 Å². The number of halogens is 10. The van der Waals surface area contributed by atoms with E-state index >= 15 is 0 Å². The van der Waals surface area contributed by atoms with Gasteiger partial charge >= 0.3 is 0 Å². The number of pyridine rings is 2. The first-order valence-corrected chi connectivity index (χ1v) is 14.8. The third-order valence-electron chi connectivity index (χ3n) is 8.13. The van der Waals surface area contributed by atoms with Crippen molar-refractivity contribution in [2.45, 2.75) is 26.2 Å². The quantitative estimate of drug-likeness (QED) is 0.0945. The molecule has 0 N–H and O–H groups in total. The van der Waals surface area contributed by atoms with E-state index in [1.807, 2.05) is 0 Å². The fraction of sp³-hybridized carbons (Fsp3) is 0.176. The summed E-state index contributed by atoms with van der Waals surface area (Å²) in [5, 5.41) is 8.09. The average Bonchev–Trinajstić information content (AvgIpc) is 3.79. The summed E-state index contributed by atoms with van der Waals surface area (Å²) in [6, 6.07) is 8.69. The molecule has 0 aliphatic heterocycles. The fourth-order valence-corrected chi connectivity index (χ4v) is 5.24. The number of anilines is 1. The van der Waals surface area contributed by atoms with Crippen molar-refractivity contribution in [3.63, 3.8) is 0 Å². The Labute approximate surface area is 282 Å². The Kier molecular flexibility index (Phi) is 8.63. The molecule has 0 bridgehead atoms. The van der Waals surface area contributed by atoms with E-state index in [4.69, 9.17) is 0 Å². The molecule has 4 aromatic heterocycles. The van der Waals surface area contributed by atoms with Gasteiger partial charge in [0.1, 0.15) is 0 Å². The monoisotopic (exact) mass is 719 g/mol. The Morgan fingerprint density at radius 3 is 1.31 bits per heavy atom. The van der Waals surface area contributed by atoms with Crippen LogP contribution in [0.4, 0.5) is 49.6 Å². The predicted octanol–water partition coefficient (Wildman–Crippen LogP) is 8.27. The van der Waals surface area contributed by atoms with Crippen LogP contribution in [0, 0.1) is 65.1 Å². The maximum atomic E-state index is 14.6. The number of aryl methyl sites for hydroxylation is 1. The van der Waals surface area contributed by atoms with Crippen LogP contribution in [0.15, 0.2) is 48.8 Å². The molecule has 264 valence electrons. The summed E-state index contributed by atoms with van der Waals surface area (Å²) < 4.78 is 143. The molecule has 0 radical (unpaired) electrons. The number of nitrogens with zero attached hydrogens (tertiary/aromatic N) is 7. The normalized spacial score (nSPS) is 11.8. The average molecular weight is 720 g/mol. The molecule has 0 unspecified atom stereocenters. The Morgan fingerprint density at radius 2 is 0.902 bits per heavy atom. The van der Waals surface area contributed by atoms with E-state index in [0.29, 0.717) is 22.6 Å². The highest BCUT2D eigenvalue weighted by Gasteiger charge is 2.32. The van der Waals surface area contributed by atoms with E-state index in [1.165, 1.54) is 12.4 Å². The Bertz CT molecular complexity index is 2310. The molecule has 2 aromatic carbocycles. The van der Waals surface area contributed by atoms with E-state index in [1.54, 1.807) is 64.0 Å². The number of hydrogen-bond donors (Lipinski definition) is 0. The SMILES string of the molecule is Cc1cc(-n2ccc(-c3c(F)c(F)c(F)c(F)c3F)n2)nc(C(C)(C)c2cc(N(C)C)cc(-n3ccc(-c4c(F)c(F)c(F)c(F)c4F)n3)n2)c1. The van der Waals surface area contributed by atoms with Crippen molar-refractivity contribution in [3.8, 4) is 34.2 Å². The van der Waals surface area contributed by atoms with Crippen molar-refractivity contribution in [2.24, 2.45) is 0 Å². The lowest BCUT2D eigenvalue weighted by Gasteiger charge is -2.27. The van der Waals surface area contributed by atoms with Crippen molar-refractivity contribution >= 4 is 5.69 Å². The Morgan fingerprint density at radius 1 is 0.529 bits per heavy atom. The lowest BCUT2D eigenvalue weighted by molar-refractivity contribution is 0.381. The number of aromatic nitrogens is 6. The van der Waals surface area contributed by atoms with Crippen molar-refractivity contribution in [2.75, 3.05) is 19.0 Å². The van der Waals surface area contributed by atoms with Gasteiger partial charge in [-0.2, -0.15) is 10.2 Å². The van der Waals surface area contributed by atoms with Crippen LogP contribution in [0.1, 0.15) is 30.8 Å². The van der Waals surface area contributed by atoms with Gasteiger partial charge in [-0.25, -0.2) is 63.2 Å². The first-order valence-electron chi connectivity index (χ1n) is 14.8. The van der Waals surface area contributed by atoms with Gasteiger partial charge in [-0.15, -0.1) is 0 Å². The third-order valence-corrected chi connectivity index (χ3v) is 8.13. The van der Waals surface area contributed by atoms with Crippen LogP contribution in [-0.2, 0) is 5.41 Å². The molecule has 0 fully saturated rings. The zero-order chi connectivity index (χ0) is 37.3. The van der Waals surface area contributed by atoms with Crippen molar-refractivity contribution in [3.05, 3.63) is 124 Å². The van der Waals surface area contributed by atoms with Gasteiger partial charge in [-0.1, -0.05) is 0 Å². The van der Waals surface area contributed by atoms with Crippen LogP contribution in [0.3, 0.4) is 0 Å². The number of benzene rings is 2. The van der Waals surface area contributed by atoms with Crippen LogP contribution >= 0.6 is 0 Å². The molecule has 4 heterocycles. The van der Waals surface area contributed by atoms with E-state index < -0.39 is 86.1 Å². The van der Waals surface area contributed by atoms with Crippen LogP contribution in [-0.4, -0.2) is 43.6 Å². The lowest BCUT2D eigenvalue weighted by Crippen LogP contribution is -2.25. The molecule has 0 aliphatic rings. The summed E-state index contributed by atoms with van der Waals surface area (Å²) in [6.07, 6.45) is 2.46. The van der Waals surface area contributed by atoms with Gasteiger partial charge in [0, 0.05) is 43.7 Å². The first-order chi connectivity index (χ1) is 23.9. The number of hydrogen-bond acceptors (Lipinski definition) is 5. The predicted molar refractivity (Wildman–Crippen MR) is 164 cm³/mol. The maximum Gasteiger partial charge on any atom is 0.200 e. The highest BCUT2D eigenvalue weighted by molar-refractivity contribution is 5.63. The van der Waals surface area contributed by atoms with Crippen LogP contribution in [0.25, 0.3) is 34.2 Å². The second kappa shape index (κ2) is 12.5. The molecule has 7 nitrogen and oxygen atoms in total. The summed E-state index contributed by atoms with van der Waals surface area (Å²) in [5.74, 6) is -21.1. The molecular weight excluding hydrogens is 696 g/mol. The van der Waals surface area contributed by atoms with E-state index in [2.05, 4.69) is 20.2 Å². The molecule has 51 heavy (non-hydrogen) atoms. The van der Waals surface area contributed by atoms with Gasteiger partial charge in [-0.05, 0) is 56.7 Å². The zero-order valence-electron chi connectivity index (χ0n) is 27.0. The number of rotatable bonds is 7. The minimum absolute atomic E-state index is 0.104. The summed E-state index contributed by atoms with van der Waals surface area (Å²) in [7, 11) is 3.45. The first kappa shape index (κ1) is 35.1. The minimum atomic E-state index is -2.30. The Hall–Kier alpha value is -5.74. The maximum absolute atomic E-state index is 14.6.